The van der Waals surface area contributed by atoms with Crippen molar-refractivity contribution in [2.75, 3.05) is 38.1 Å². The Morgan fingerprint density at radius 3 is 2.71 bits per heavy atom. The normalized spacial score (nSPS) is 15.5. The summed E-state index contributed by atoms with van der Waals surface area (Å²) in [5, 5.41) is 7.56. The van der Waals surface area contributed by atoms with Crippen LogP contribution < -0.4 is 10.2 Å². The maximum absolute atomic E-state index is 14.0. The molecule has 0 unspecified atom stereocenters. The Hall–Kier alpha value is -3.56. The average Bonchev–Trinajstić information content (AvgIpc) is 3.25. The Balaban J connectivity index is 1.68. The number of carbonyl (C=O) groups is 1. The molecule has 1 N–H and O–H groups in total. The highest BCUT2D eigenvalue weighted by Crippen LogP contribution is 2.33. The number of aromatic nitrogens is 4. The average molecular weight is 494 g/mol. The van der Waals surface area contributed by atoms with Crippen molar-refractivity contribution >= 4 is 39.9 Å². The summed E-state index contributed by atoms with van der Waals surface area (Å²) in [6, 6.07) is 12.1. The van der Waals surface area contributed by atoms with E-state index in [1.54, 1.807) is 36.1 Å². The van der Waals surface area contributed by atoms with Crippen molar-refractivity contribution in [3.63, 3.8) is 0 Å². The molecule has 0 aliphatic carbocycles. The van der Waals surface area contributed by atoms with Gasteiger partial charge in [-0.1, -0.05) is 11.6 Å². The van der Waals surface area contributed by atoms with Gasteiger partial charge in [0.1, 0.15) is 22.7 Å². The van der Waals surface area contributed by atoms with Gasteiger partial charge >= 0.3 is 0 Å². The van der Waals surface area contributed by atoms with E-state index in [0.717, 1.165) is 30.9 Å². The lowest BCUT2D eigenvalue weighted by Gasteiger charge is -2.28. The number of nitrogens with one attached hydrogen (secondary N) is 1. The van der Waals surface area contributed by atoms with Crippen LogP contribution in [0.25, 0.3) is 22.4 Å². The molecule has 10 heteroatoms. The Kier molecular flexibility index (Phi) is 6.36. The van der Waals surface area contributed by atoms with E-state index in [1.165, 1.54) is 6.07 Å². The lowest BCUT2D eigenvalue weighted by Crippen LogP contribution is -2.33. The number of fused-ring (bicyclic) bond motifs is 4. The number of likely N-dealkylation sites (N-methyl/N-ethyl adjacent to an activating group) is 1. The summed E-state index contributed by atoms with van der Waals surface area (Å²) < 4.78 is 15.5. The van der Waals surface area contributed by atoms with E-state index in [1.807, 2.05) is 25.2 Å². The summed E-state index contributed by atoms with van der Waals surface area (Å²) in [7, 11) is 3.78. The van der Waals surface area contributed by atoms with Gasteiger partial charge in [-0.2, -0.15) is 5.10 Å². The maximum Gasteiger partial charge on any atom is 0.269 e. The van der Waals surface area contributed by atoms with E-state index in [0.29, 0.717) is 41.2 Å². The van der Waals surface area contributed by atoms with Gasteiger partial charge in [-0.25, -0.2) is 9.37 Å². The Morgan fingerprint density at radius 1 is 1.03 bits per heavy atom. The third-order valence-corrected chi connectivity index (χ3v) is 6.44. The molecule has 0 fully saturated rings. The third kappa shape index (κ3) is 4.69. The molecule has 1 aliphatic heterocycles. The topological polar surface area (TPSA) is 79.2 Å². The first-order valence-corrected chi connectivity index (χ1v) is 11.8. The highest BCUT2D eigenvalue weighted by molar-refractivity contribution is 6.31. The second-order valence-electron chi connectivity index (χ2n) is 8.60. The lowest BCUT2D eigenvalue weighted by molar-refractivity contribution is 0.0942. The van der Waals surface area contributed by atoms with Crippen LogP contribution in [0.2, 0.25) is 5.02 Å². The van der Waals surface area contributed by atoms with Crippen LogP contribution >= 0.6 is 11.6 Å². The molecule has 0 saturated heterocycles. The summed E-state index contributed by atoms with van der Waals surface area (Å²) in [6.45, 7) is 2.70. The highest BCUT2D eigenvalue weighted by atomic mass is 35.5. The quantitative estimate of drug-likeness (QED) is 0.431. The molecule has 5 rings (SSSR count). The fourth-order valence-electron chi connectivity index (χ4n) is 4.24. The Bertz CT molecular complexity index is 1410. The molecule has 35 heavy (non-hydrogen) atoms. The maximum atomic E-state index is 14.0. The van der Waals surface area contributed by atoms with Crippen molar-refractivity contribution in [2.45, 2.75) is 6.42 Å². The van der Waals surface area contributed by atoms with Crippen molar-refractivity contribution in [3.8, 4) is 11.4 Å². The number of halogens is 2. The molecule has 8 nitrogen and oxygen atoms in total. The summed E-state index contributed by atoms with van der Waals surface area (Å²) >= 11 is 6.15. The molecule has 4 heterocycles. The number of carbonyl (C=O) groups excluding carboxylic acids is 1. The molecule has 4 aromatic rings. The van der Waals surface area contributed by atoms with Crippen LogP contribution in [0.5, 0.6) is 0 Å². The fraction of sp³-hybridized carbons (Fsp3) is 0.280. The second-order valence-corrected chi connectivity index (χ2v) is 9.00. The largest absolute Gasteiger partial charge is 0.351 e. The molecule has 1 aromatic carbocycles. The summed E-state index contributed by atoms with van der Waals surface area (Å²) in [5.74, 6) is -0.626. The van der Waals surface area contributed by atoms with Gasteiger partial charge in [-0.15, -0.1) is 0 Å². The van der Waals surface area contributed by atoms with Crippen molar-refractivity contribution in [1.82, 2.24) is 30.0 Å². The van der Waals surface area contributed by atoms with Gasteiger partial charge in [0.25, 0.3) is 5.91 Å². The summed E-state index contributed by atoms with van der Waals surface area (Å²) in [4.78, 5) is 26.4. The SMILES string of the molecule is CN1CCCNC(=O)c2cc(nn2C)-c2ccc3nccc(c3n2)N(c2ccc(F)c(Cl)c2)CC1. The molecule has 180 valence electrons. The zero-order valence-corrected chi connectivity index (χ0v) is 20.3. The molecular weight excluding hydrogens is 469 g/mol. The zero-order chi connectivity index (χ0) is 24.5. The number of hydrogen-bond acceptors (Lipinski definition) is 6. The second kappa shape index (κ2) is 9.59. The number of amides is 1. The van der Waals surface area contributed by atoms with Crippen LogP contribution in [0.3, 0.4) is 0 Å². The van der Waals surface area contributed by atoms with E-state index in [2.05, 4.69) is 25.2 Å². The number of rotatable bonds is 1. The Labute approximate surface area is 207 Å². The molecule has 1 aliphatic rings. The molecular formula is C25H25ClFN7O. The minimum absolute atomic E-state index is 0.0618. The van der Waals surface area contributed by atoms with Crippen LogP contribution in [-0.4, -0.2) is 63.8 Å². The highest BCUT2D eigenvalue weighted by Gasteiger charge is 2.19. The predicted molar refractivity (Wildman–Crippen MR) is 135 cm³/mol. The van der Waals surface area contributed by atoms with Crippen molar-refractivity contribution < 1.29 is 9.18 Å². The van der Waals surface area contributed by atoms with Gasteiger partial charge in [0.15, 0.2) is 0 Å². The van der Waals surface area contributed by atoms with E-state index >= 15 is 0 Å². The van der Waals surface area contributed by atoms with Crippen molar-refractivity contribution in [1.29, 1.82) is 0 Å². The van der Waals surface area contributed by atoms with Crippen LogP contribution in [0.1, 0.15) is 16.9 Å². The van der Waals surface area contributed by atoms with E-state index < -0.39 is 5.82 Å². The Morgan fingerprint density at radius 2 is 1.89 bits per heavy atom. The number of anilines is 2. The van der Waals surface area contributed by atoms with Gasteiger partial charge in [0.05, 0.1) is 21.9 Å². The van der Waals surface area contributed by atoms with Crippen LogP contribution in [-0.2, 0) is 7.05 Å². The summed E-state index contributed by atoms with van der Waals surface area (Å²) in [5.41, 5.74) is 4.67. The first-order valence-electron chi connectivity index (χ1n) is 11.4. The molecule has 4 bridgehead atoms. The van der Waals surface area contributed by atoms with Gasteiger partial charge in [-0.05, 0) is 62.5 Å². The van der Waals surface area contributed by atoms with Gasteiger partial charge in [0, 0.05) is 38.6 Å². The van der Waals surface area contributed by atoms with E-state index in [4.69, 9.17) is 16.6 Å². The minimum atomic E-state index is -0.463. The lowest BCUT2D eigenvalue weighted by atomic mass is 10.1. The molecule has 0 radical (unpaired) electrons. The van der Waals surface area contributed by atoms with E-state index in [9.17, 15) is 9.18 Å². The van der Waals surface area contributed by atoms with Crippen LogP contribution in [0, 0.1) is 5.82 Å². The smallest absolute Gasteiger partial charge is 0.269 e. The molecule has 0 saturated carbocycles. The monoisotopic (exact) mass is 493 g/mol. The predicted octanol–water partition coefficient (Wildman–Crippen LogP) is 4.03. The standard InChI is InChI=1S/C25H25ClFN7O/c1-32-11-3-9-29-25(35)23-15-21(31-33(23)2)19-6-7-20-24(30-19)22(8-10-28-20)34(13-12-32)16-4-5-18(27)17(26)14-16/h4-8,10,14-15H,3,9,11-13H2,1-2H3,(H,29,35). The molecule has 0 atom stereocenters. The number of hydrogen-bond donors (Lipinski definition) is 1. The summed E-state index contributed by atoms with van der Waals surface area (Å²) in [6.07, 6.45) is 2.54. The fourth-order valence-corrected chi connectivity index (χ4v) is 4.42. The zero-order valence-electron chi connectivity index (χ0n) is 19.5. The number of pyridine rings is 2. The minimum Gasteiger partial charge on any atom is -0.351 e. The molecule has 1 amide bonds. The number of nitrogens with zero attached hydrogens (tertiary/aromatic N) is 6. The molecule has 3 aromatic heterocycles. The van der Waals surface area contributed by atoms with Crippen LogP contribution in [0.15, 0.2) is 48.7 Å². The van der Waals surface area contributed by atoms with Gasteiger partial charge < -0.3 is 15.1 Å². The molecule has 0 spiro atoms. The number of aryl methyl sites for hydroxylation is 1. The van der Waals surface area contributed by atoms with Crippen molar-refractivity contribution in [3.05, 3.63) is 65.2 Å². The first-order chi connectivity index (χ1) is 16.9. The first kappa shape index (κ1) is 23.2. The van der Waals surface area contributed by atoms with E-state index in [-0.39, 0.29) is 10.9 Å². The van der Waals surface area contributed by atoms with Crippen LogP contribution in [0.4, 0.5) is 15.8 Å². The van der Waals surface area contributed by atoms with Crippen molar-refractivity contribution in [2.24, 2.45) is 7.05 Å². The number of benzene rings is 1. The van der Waals surface area contributed by atoms with Gasteiger partial charge in [-0.3, -0.25) is 14.5 Å². The van der Waals surface area contributed by atoms with Gasteiger partial charge in [0.2, 0.25) is 0 Å². The third-order valence-electron chi connectivity index (χ3n) is 6.15.